The van der Waals surface area contributed by atoms with Crippen molar-refractivity contribution in [2.45, 2.75) is 43.9 Å². The van der Waals surface area contributed by atoms with E-state index in [1.807, 2.05) is 30.3 Å². The number of aliphatic carboxylic acids is 1. The van der Waals surface area contributed by atoms with Crippen molar-refractivity contribution in [3.63, 3.8) is 0 Å². The summed E-state index contributed by atoms with van der Waals surface area (Å²) in [6.45, 7) is 0.576. The lowest BCUT2D eigenvalue weighted by Crippen LogP contribution is -2.51. The van der Waals surface area contributed by atoms with Crippen molar-refractivity contribution < 1.29 is 32.7 Å². The minimum atomic E-state index is -5.08. The van der Waals surface area contributed by atoms with Crippen LogP contribution in [0.3, 0.4) is 0 Å². The molecule has 1 aromatic carbocycles. The van der Waals surface area contributed by atoms with Crippen molar-refractivity contribution in [1.82, 2.24) is 5.32 Å². The molecule has 29 heavy (non-hydrogen) atoms. The summed E-state index contributed by atoms with van der Waals surface area (Å²) in [6.07, 6.45) is -2.58. The van der Waals surface area contributed by atoms with E-state index in [4.69, 9.17) is 27.1 Å². The largest absolute Gasteiger partial charge is 0.490 e. The summed E-state index contributed by atoms with van der Waals surface area (Å²) in [5, 5.41) is 9.75. The van der Waals surface area contributed by atoms with Gasteiger partial charge in [-0.25, -0.2) is 4.79 Å². The third-order valence-electron chi connectivity index (χ3n) is 3.49. The predicted molar refractivity (Wildman–Crippen MR) is 103 cm³/mol. The van der Waals surface area contributed by atoms with Crippen LogP contribution in [-0.2, 0) is 20.8 Å². The van der Waals surface area contributed by atoms with E-state index in [0.717, 1.165) is 18.4 Å². The average molecular weight is 443 g/mol. The van der Waals surface area contributed by atoms with Gasteiger partial charge in [-0.15, -0.1) is 12.4 Å². The van der Waals surface area contributed by atoms with Gasteiger partial charge in [0.05, 0.1) is 6.04 Å². The zero-order valence-electron chi connectivity index (χ0n) is 15.5. The lowest BCUT2D eigenvalue weighted by atomic mass is 10.0. The van der Waals surface area contributed by atoms with E-state index >= 15 is 0 Å². The number of hydrogen-bond acceptors (Lipinski definition) is 5. The second-order valence-corrected chi connectivity index (χ2v) is 5.85. The normalized spacial score (nSPS) is 12.4. The molecule has 1 aromatic rings. The van der Waals surface area contributed by atoms with Crippen LogP contribution in [0.4, 0.5) is 13.2 Å². The Balaban J connectivity index is 0. The van der Waals surface area contributed by atoms with Crippen molar-refractivity contribution in [3.8, 4) is 0 Å². The van der Waals surface area contributed by atoms with Gasteiger partial charge in [0.25, 0.3) is 0 Å². The number of alkyl halides is 3. The number of unbranched alkanes of at least 4 members (excludes halogenated alkanes) is 1. The number of carbonyl (C=O) groups excluding carboxylic acids is 2. The molecule has 1 rings (SSSR count). The summed E-state index contributed by atoms with van der Waals surface area (Å²) in [5.74, 6) is -3.68. The highest BCUT2D eigenvalue weighted by molar-refractivity contribution is 5.89. The number of benzene rings is 1. The lowest BCUT2D eigenvalue weighted by molar-refractivity contribution is -0.192. The maximum Gasteiger partial charge on any atom is 0.490 e. The molecule has 0 bridgehead atoms. The summed E-state index contributed by atoms with van der Waals surface area (Å²) in [6, 6.07) is 7.98. The van der Waals surface area contributed by atoms with Crippen LogP contribution in [0.5, 0.6) is 0 Å². The molecule has 0 saturated heterocycles. The lowest BCUT2D eigenvalue weighted by Gasteiger charge is -2.18. The maximum atomic E-state index is 12.0. The number of carboxylic acids is 1. The van der Waals surface area contributed by atoms with Crippen molar-refractivity contribution in [1.29, 1.82) is 0 Å². The minimum Gasteiger partial charge on any atom is -0.475 e. The number of nitrogens with one attached hydrogen (secondary N) is 1. The SMILES string of the molecule is Cl.NCCCC[C@H](N)C(=O)N[C@@H](Cc1ccccc1)C(N)=O.O=C(O)C(F)(F)F. The van der Waals surface area contributed by atoms with Crippen molar-refractivity contribution in [2.24, 2.45) is 17.2 Å². The number of carbonyl (C=O) groups is 3. The average Bonchev–Trinajstić information content (AvgIpc) is 2.61. The maximum absolute atomic E-state index is 12.0. The Morgan fingerprint density at radius 3 is 2.03 bits per heavy atom. The number of primary amides is 1. The van der Waals surface area contributed by atoms with Crippen LogP contribution in [0.1, 0.15) is 24.8 Å². The van der Waals surface area contributed by atoms with E-state index in [0.29, 0.717) is 19.4 Å². The molecule has 0 aliphatic rings. The van der Waals surface area contributed by atoms with Gasteiger partial charge in [-0.1, -0.05) is 36.8 Å². The molecule has 0 aromatic heterocycles. The monoisotopic (exact) mass is 442 g/mol. The molecule has 2 amide bonds. The highest BCUT2D eigenvalue weighted by Gasteiger charge is 2.38. The van der Waals surface area contributed by atoms with E-state index in [1.165, 1.54) is 0 Å². The van der Waals surface area contributed by atoms with E-state index in [2.05, 4.69) is 5.32 Å². The number of rotatable bonds is 9. The zero-order chi connectivity index (χ0) is 21.7. The number of halogens is 4. The molecule has 166 valence electrons. The van der Waals surface area contributed by atoms with Gasteiger partial charge in [-0.3, -0.25) is 9.59 Å². The van der Waals surface area contributed by atoms with Crippen LogP contribution in [0.2, 0.25) is 0 Å². The Morgan fingerprint density at radius 2 is 1.62 bits per heavy atom. The van der Waals surface area contributed by atoms with Crippen LogP contribution in [0.15, 0.2) is 30.3 Å². The van der Waals surface area contributed by atoms with Crippen molar-refractivity contribution in [3.05, 3.63) is 35.9 Å². The fourth-order valence-corrected chi connectivity index (χ4v) is 1.99. The predicted octanol–water partition coefficient (Wildman–Crippen LogP) is 0.711. The van der Waals surface area contributed by atoms with Gasteiger partial charge in [0, 0.05) is 6.42 Å². The van der Waals surface area contributed by atoms with Gasteiger partial charge in [-0.05, 0) is 24.9 Å². The smallest absolute Gasteiger partial charge is 0.475 e. The first-order valence-electron chi connectivity index (χ1n) is 8.38. The van der Waals surface area contributed by atoms with Crippen molar-refractivity contribution in [2.75, 3.05) is 6.54 Å². The Labute approximate surface area is 172 Å². The van der Waals surface area contributed by atoms with Gasteiger partial charge in [-0.2, -0.15) is 13.2 Å². The quantitative estimate of drug-likeness (QED) is 0.354. The highest BCUT2D eigenvalue weighted by atomic mass is 35.5. The highest BCUT2D eigenvalue weighted by Crippen LogP contribution is 2.13. The van der Waals surface area contributed by atoms with E-state index in [9.17, 15) is 22.8 Å². The molecule has 0 fully saturated rings. The number of amides is 2. The topological polar surface area (TPSA) is 162 Å². The molecule has 0 aliphatic heterocycles. The van der Waals surface area contributed by atoms with Crippen LogP contribution in [0.25, 0.3) is 0 Å². The van der Waals surface area contributed by atoms with E-state index < -0.39 is 30.1 Å². The Bertz CT molecular complexity index is 633. The molecule has 12 heteroatoms. The fourth-order valence-electron chi connectivity index (χ4n) is 1.99. The minimum absolute atomic E-state index is 0. The molecule has 0 saturated carbocycles. The number of hydrogen-bond donors (Lipinski definition) is 5. The van der Waals surface area contributed by atoms with Gasteiger partial charge >= 0.3 is 12.1 Å². The molecular formula is C17H26ClF3N4O4. The Morgan fingerprint density at radius 1 is 1.10 bits per heavy atom. The molecule has 8 nitrogen and oxygen atoms in total. The molecule has 0 aliphatic carbocycles. The molecule has 0 heterocycles. The van der Waals surface area contributed by atoms with Crippen molar-refractivity contribution >= 4 is 30.2 Å². The summed E-state index contributed by atoms with van der Waals surface area (Å²) in [4.78, 5) is 32.3. The first-order chi connectivity index (χ1) is 13.0. The van der Waals surface area contributed by atoms with E-state index in [1.54, 1.807) is 0 Å². The Kier molecular flexibility index (Phi) is 14.5. The third-order valence-corrected chi connectivity index (χ3v) is 3.49. The molecule has 2 atom stereocenters. The molecule has 0 radical (unpaired) electrons. The zero-order valence-corrected chi connectivity index (χ0v) is 16.3. The molecule has 8 N–H and O–H groups in total. The first-order valence-corrected chi connectivity index (χ1v) is 8.38. The second kappa shape index (κ2) is 14.6. The van der Waals surface area contributed by atoms with Gasteiger partial charge in [0.15, 0.2) is 0 Å². The summed E-state index contributed by atoms with van der Waals surface area (Å²) in [7, 11) is 0. The standard InChI is InChI=1S/C15H24N4O2.C2HF3O2.ClH/c16-9-5-4-8-12(17)15(21)19-13(14(18)20)10-11-6-2-1-3-7-11;3-2(4,5)1(6)7;/h1-3,6-7,12-13H,4-5,8-10,16-17H2,(H2,18,20)(H,19,21);(H,6,7);1H/t12-,13-;;/m0../s1. The molecule has 0 unspecified atom stereocenters. The number of nitrogens with two attached hydrogens (primary N) is 3. The third kappa shape index (κ3) is 13.4. The van der Waals surface area contributed by atoms with E-state index in [-0.39, 0.29) is 18.3 Å². The second-order valence-electron chi connectivity index (χ2n) is 5.85. The Hall–Kier alpha value is -2.37. The molecular weight excluding hydrogens is 417 g/mol. The summed E-state index contributed by atoms with van der Waals surface area (Å²) < 4.78 is 31.7. The van der Waals surface area contributed by atoms with Crippen LogP contribution in [0, 0.1) is 0 Å². The summed E-state index contributed by atoms with van der Waals surface area (Å²) >= 11 is 0. The fraction of sp³-hybridized carbons (Fsp3) is 0.471. The first kappa shape index (κ1) is 28.8. The van der Waals surface area contributed by atoms with Crippen LogP contribution in [-0.4, -0.2) is 47.7 Å². The van der Waals surface area contributed by atoms with Crippen LogP contribution < -0.4 is 22.5 Å². The van der Waals surface area contributed by atoms with Gasteiger partial charge in [0.1, 0.15) is 6.04 Å². The number of carboxylic acid groups (broad SMARTS) is 1. The van der Waals surface area contributed by atoms with Gasteiger partial charge < -0.3 is 27.6 Å². The van der Waals surface area contributed by atoms with Gasteiger partial charge in [0.2, 0.25) is 11.8 Å². The summed E-state index contributed by atoms with van der Waals surface area (Å²) in [5.41, 5.74) is 17.5. The van der Waals surface area contributed by atoms with Crippen LogP contribution >= 0.6 is 12.4 Å². The molecule has 0 spiro atoms.